The molecule has 1 unspecified atom stereocenters. The third-order valence-electron chi connectivity index (χ3n) is 6.59. The van der Waals surface area contributed by atoms with Crippen molar-refractivity contribution in [3.63, 3.8) is 0 Å². The topological polar surface area (TPSA) is 123 Å². The van der Waals surface area contributed by atoms with Gasteiger partial charge >= 0.3 is 7.12 Å². The summed E-state index contributed by atoms with van der Waals surface area (Å²) in [6.45, 7) is 8.83. The van der Waals surface area contributed by atoms with Gasteiger partial charge in [0.1, 0.15) is 6.17 Å². The standard InChI is InChI=1S/C29H32BN5O3/c1-3-29(36)34-28(32-2)19-35(31)18-26-23-13-7-5-11-21(23)25(22-12-6-8-14-24(22)26)17-33-16-20-10-4-9-15-27(20)30(37)38/h3-15,28,33,37-38H,1-2,16-19,31H2,(H,34,36). The van der Waals surface area contributed by atoms with Crippen LogP contribution in [0.4, 0.5) is 0 Å². The summed E-state index contributed by atoms with van der Waals surface area (Å²) in [4.78, 5) is 15.7. The van der Waals surface area contributed by atoms with Crippen molar-refractivity contribution >= 4 is 46.8 Å². The molecule has 0 fully saturated rings. The number of amides is 1. The first-order valence-corrected chi connectivity index (χ1v) is 12.4. The molecule has 194 valence electrons. The predicted octanol–water partition coefficient (Wildman–Crippen LogP) is 1.97. The number of benzene rings is 4. The monoisotopic (exact) mass is 509 g/mol. The van der Waals surface area contributed by atoms with Gasteiger partial charge in [-0.3, -0.25) is 15.6 Å². The van der Waals surface area contributed by atoms with Gasteiger partial charge in [0.2, 0.25) is 5.91 Å². The number of nitrogens with two attached hydrogens (primary N) is 1. The fraction of sp³-hybridized carbons (Fsp3) is 0.172. The lowest BCUT2D eigenvalue weighted by atomic mass is 9.77. The molecule has 0 heterocycles. The smallest absolute Gasteiger partial charge is 0.423 e. The van der Waals surface area contributed by atoms with E-state index in [1.54, 1.807) is 17.1 Å². The highest BCUT2D eigenvalue weighted by Crippen LogP contribution is 2.33. The lowest BCUT2D eigenvalue weighted by Crippen LogP contribution is -2.44. The molecule has 4 rings (SSSR count). The molecule has 8 nitrogen and oxygen atoms in total. The lowest BCUT2D eigenvalue weighted by molar-refractivity contribution is -0.117. The van der Waals surface area contributed by atoms with Crippen molar-refractivity contribution in [3.05, 3.63) is 102 Å². The molecule has 0 aliphatic rings. The second-order valence-electron chi connectivity index (χ2n) is 9.06. The number of nitrogens with one attached hydrogen (secondary N) is 2. The number of nitrogens with zero attached hydrogens (tertiary/aromatic N) is 2. The molecule has 0 radical (unpaired) electrons. The Hall–Kier alpha value is -3.86. The van der Waals surface area contributed by atoms with Gasteiger partial charge in [-0.15, -0.1) is 0 Å². The minimum Gasteiger partial charge on any atom is -0.423 e. The van der Waals surface area contributed by atoms with Crippen LogP contribution in [0.2, 0.25) is 0 Å². The zero-order valence-corrected chi connectivity index (χ0v) is 21.2. The van der Waals surface area contributed by atoms with Gasteiger partial charge in [-0.25, -0.2) is 5.01 Å². The van der Waals surface area contributed by atoms with Crippen LogP contribution in [-0.2, 0) is 24.4 Å². The van der Waals surface area contributed by atoms with Crippen molar-refractivity contribution in [1.82, 2.24) is 15.6 Å². The summed E-state index contributed by atoms with van der Waals surface area (Å²) in [5.41, 5.74) is 3.55. The summed E-state index contributed by atoms with van der Waals surface area (Å²) in [6, 6.07) is 23.7. The van der Waals surface area contributed by atoms with Gasteiger partial charge in [-0.1, -0.05) is 79.4 Å². The van der Waals surface area contributed by atoms with E-state index in [1.165, 1.54) is 6.08 Å². The molecule has 1 amide bonds. The number of hydrogen-bond acceptors (Lipinski definition) is 7. The summed E-state index contributed by atoms with van der Waals surface area (Å²) < 4.78 is 0. The quantitative estimate of drug-likeness (QED) is 0.0497. The summed E-state index contributed by atoms with van der Waals surface area (Å²) in [6.07, 6.45) is 0.629. The van der Waals surface area contributed by atoms with Crippen LogP contribution in [0.5, 0.6) is 0 Å². The molecule has 0 spiro atoms. The average Bonchev–Trinajstić information content (AvgIpc) is 2.94. The molecule has 38 heavy (non-hydrogen) atoms. The summed E-state index contributed by atoms with van der Waals surface area (Å²) in [5.74, 6) is 6.08. The maximum absolute atomic E-state index is 11.7. The first-order chi connectivity index (χ1) is 18.4. The Labute approximate surface area is 222 Å². The number of fused-ring (bicyclic) bond motifs is 2. The van der Waals surface area contributed by atoms with Crippen LogP contribution in [0.1, 0.15) is 16.7 Å². The van der Waals surface area contributed by atoms with Crippen molar-refractivity contribution in [2.75, 3.05) is 6.54 Å². The number of carbonyl (C=O) groups is 1. The van der Waals surface area contributed by atoms with E-state index in [4.69, 9.17) is 5.84 Å². The minimum absolute atomic E-state index is 0.283. The molecule has 6 N–H and O–H groups in total. The van der Waals surface area contributed by atoms with Crippen LogP contribution in [0.3, 0.4) is 0 Å². The van der Waals surface area contributed by atoms with Crippen LogP contribution in [0.25, 0.3) is 21.5 Å². The molecule has 1 atom stereocenters. The van der Waals surface area contributed by atoms with Gasteiger partial charge in [-0.2, -0.15) is 0 Å². The SMILES string of the molecule is C=CC(=O)NC(CN(N)Cc1c2ccccc2c(CNCc2ccccc2B(O)O)c2ccccc12)N=C. The molecular weight excluding hydrogens is 477 g/mol. The molecule has 0 saturated heterocycles. The number of hydrazine groups is 1. The second-order valence-corrected chi connectivity index (χ2v) is 9.06. The Morgan fingerprint density at radius 1 is 0.947 bits per heavy atom. The average molecular weight is 509 g/mol. The van der Waals surface area contributed by atoms with Crippen molar-refractivity contribution in [2.45, 2.75) is 25.8 Å². The van der Waals surface area contributed by atoms with Crippen molar-refractivity contribution < 1.29 is 14.8 Å². The first kappa shape index (κ1) is 27.2. The Morgan fingerprint density at radius 2 is 1.50 bits per heavy atom. The van der Waals surface area contributed by atoms with Crippen molar-refractivity contribution in [2.24, 2.45) is 10.8 Å². The Kier molecular flexibility index (Phi) is 9.01. The maximum atomic E-state index is 11.7. The molecule has 0 aliphatic heterocycles. The predicted molar refractivity (Wildman–Crippen MR) is 155 cm³/mol. The van der Waals surface area contributed by atoms with Gasteiger partial charge in [-0.05, 0) is 56.5 Å². The molecule has 0 bridgehead atoms. The zero-order chi connectivity index (χ0) is 27.1. The van der Waals surface area contributed by atoms with Crippen LogP contribution in [0, 0.1) is 0 Å². The zero-order valence-electron chi connectivity index (χ0n) is 21.2. The van der Waals surface area contributed by atoms with Gasteiger partial charge in [0.25, 0.3) is 0 Å². The summed E-state index contributed by atoms with van der Waals surface area (Å²) >= 11 is 0. The van der Waals surface area contributed by atoms with Gasteiger partial charge < -0.3 is 20.7 Å². The van der Waals surface area contributed by atoms with Gasteiger partial charge in [0.05, 0.1) is 6.54 Å². The summed E-state index contributed by atoms with van der Waals surface area (Å²) in [5, 5.41) is 31.6. The van der Waals surface area contributed by atoms with Crippen molar-refractivity contribution in [1.29, 1.82) is 0 Å². The largest absolute Gasteiger partial charge is 0.488 e. The molecular formula is C29H32BN5O3. The highest BCUT2D eigenvalue weighted by Gasteiger charge is 2.18. The van der Waals surface area contributed by atoms with E-state index in [-0.39, 0.29) is 12.5 Å². The highest BCUT2D eigenvalue weighted by atomic mass is 16.4. The lowest BCUT2D eigenvalue weighted by Gasteiger charge is -2.24. The fourth-order valence-corrected chi connectivity index (χ4v) is 4.80. The first-order valence-electron chi connectivity index (χ1n) is 12.4. The molecule has 0 saturated carbocycles. The van der Waals surface area contributed by atoms with E-state index in [0.717, 1.165) is 38.2 Å². The molecule has 4 aromatic carbocycles. The number of hydrogen-bond donors (Lipinski definition) is 5. The van der Waals surface area contributed by atoms with Gasteiger partial charge in [0.15, 0.2) is 0 Å². The van der Waals surface area contributed by atoms with Crippen LogP contribution < -0.4 is 21.9 Å². The Bertz CT molecular complexity index is 1400. The van der Waals surface area contributed by atoms with E-state index in [2.05, 4.69) is 53.2 Å². The fourth-order valence-electron chi connectivity index (χ4n) is 4.80. The third-order valence-corrected chi connectivity index (χ3v) is 6.59. The number of aliphatic imine (C=N–C) groups is 1. The normalized spacial score (nSPS) is 12.0. The van der Waals surface area contributed by atoms with E-state index >= 15 is 0 Å². The third kappa shape index (κ3) is 6.16. The van der Waals surface area contributed by atoms with E-state index in [1.807, 2.05) is 36.4 Å². The molecule has 0 aliphatic carbocycles. The second kappa shape index (κ2) is 12.6. The molecule has 9 heteroatoms. The molecule has 0 aromatic heterocycles. The number of carbonyl (C=O) groups excluding carboxylic acids is 1. The van der Waals surface area contributed by atoms with Gasteiger partial charge in [0, 0.05) is 19.6 Å². The van der Waals surface area contributed by atoms with E-state index < -0.39 is 13.3 Å². The number of rotatable bonds is 12. The summed E-state index contributed by atoms with van der Waals surface area (Å²) in [7, 11) is -1.52. The minimum atomic E-state index is -1.52. The van der Waals surface area contributed by atoms with E-state index in [9.17, 15) is 14.8 Å². The molecule has 4 aromatic rings. The van der Waals surface area contributed by atoms with Crippen LogP contribution >= 0.6 is 0 Å². The van der Waals surface area contributed by atoms with Crippen molar-refractivity contribution in [3.8, 4) is 0 Å². The van der Waals surface area contributed by atoms with Crippen LogP contribution in [-0.4, -0.2) is 47.5 Å². The Balaban J connectivity index is 1.65. The maximum Gasteiger partial charge on any atom is 0.488 e. The Morgan fingerprint density at radius 3 is 2.05 bits per heavy atom. The van der Waals surface area contributed by atoms with E-state index in [0.29, 0.717) is 25.1 Å². The highest BCUT2D eigenvalue weighted by molar-refractivity contribution is 6.59. The van der Waals surface area contributed by atoms with Crippen LogP contribution in [0.15, 0.2) is 90.4 Å².